The Bertz CT molecular complexity index is 3590. The molecule has 310 valence electrons. The highest BCUT2D eigenvalue weighted by atomic mass is 32.2. The Morgan fingerprint density at radius 2 is 0.785 bits per heavy atom. The predicted molar refractivity (Wildman–Crippen MR) is 276 cm³/mol. The number of hydrogen-bond donors (Lipinski definition) is 0. The molecule has 0 radical (unpaired) electrons. The van der Waals surface area contributed by atoms with Crippen LogP contribution in [0.5, 0.6) is 0 Å². The van der Waals surface area contributed by atoms with Crippen LogP contribution >= 0.6 is 11.8 Å². The van der Waals surface area contributed by atoms with Crippen LogP contribution in [-0.4, -0.2) is 0 Å². The second-order valence-corrected chi connectivity index (χ2v) is 20.0. The zero-order valence-electron chi connectivity index (χ0n) is 36.9. The largest absolute Gasteiger partial charge is 0.310 e. The Labute approximate surface area is 385 Å². The fourth-order valence-electron chi connectivity index (χ4n) is 11.4. The van der Waals surface area contributed by atoms with Crippen LogP contribution in [0.4, 0.5) is 34.1 Å². The molecule has 0 N–H and O–H groups in total. The van der Waals surface area contributed by atoms with Gasteiger partial charge in [0.1, 0.15) is 0 Å². The van der Waals surface area contributed by atoms with Crippen LogP contribution in [0.2, 0.25) is 0 Å². The summed E-state index contributed by atoms with van der Waals surface area (Å²) >= 11 is 1.89. The van der Waals surface area contributed by atoms with Gasteiger partial charge >= 0.3 is 0 Å². The third kappa shape index (κ3) is 5.68. The minimum atomic E-state index is -0.0923. The first-order chi connectivity index (χ1) is 31.7. The van der Waals surface area contributed by atoms with E-state index in [9.17, 15) is 0 Å². The van der Waals surface area contributed by atoms with Crippen molar-refractivity contribution in [2.75, 3.05) is 9.80 Å². The van der Waals surface area contributed by atoms with Crippen molar-refractivity contribution in [3.05, 3.63) is 229 Å². The molecule has 0 saturated heterocycles. The summed E-state index contributed by atoms with van der Waals surface area (Å²) in [6.07, 6.45) is 0. The molecule has 1 heterocycles. The molecule has 2 nitrogen and oxygen atoms in total. The smallest absolute Gasteiger partial charge is 0.0473 e. The Hall–Kier alpha value is -7.33. The molecule has 0 unspecified atom stereocenters. The summed E-state index contributed by atoms with van der Waals surface area (Å²) in [4.78, 5) is 7.42. The van der Waals surface area contributed by atoms with E-state index in [4.69, 9.17) is 0 Å². The van der Waals surface area contributed by atoms with Crippen LogP contribution in [0.25, 0.3) is 54.9 Å². The Kier molecular flexibility index (Phi) is 8.27. The van der Waals surface area contributed by atoms with Gasteiger partial charge < -0.3 is 9.80 Å². The maximum Gasteiger partial charge on any atom is 0.0473 e. The van der Waals surface area contributed by atoms with Crippen LogP contribution in [-0.2, 0) is 10.8 Å². The number of anilines is 6. The van der Waals surface area contributed by atoms with Gasteiger partial charge in [-0.25, -0.2) is 0 Å². The van der Waals surface area contributed by atoms with Crippen molar-refractivity contribution in [2.24, 2.45) is 0 Å². The number of para-hydroxylation sites is 2. The first-order valence-electron chi connectivity index (χ1n) is 22.7. The average molecular weight is 851 g/mol. The van der Waals surface area contributed by atoms with Crippen LogP contribution in [0, 0.1) is 0 Å². The molecule has 3 heteroatoms. The van der Waals surface area contributed by atoms with Gasteiger partial charge in [0.05, 0.1) is 0 Å². The lowest BCUT2D eigenvalue weighted by Gasteiger charge is -2.30. The molecule has 0 bridgehead atoms. The van der Waals surface area contributed by atoms with Crippen LogP contribution in [0.3, 0.4) is 0 Å². The summed E-state index contributed by atoms with van der Waals surface area (Å²) in [7, 11) is 0. The van der Waals surface area contributed by atoms with Crippen molar-refractivity contribution >= 4 is 67.4 Å². The van der Waals surface area contributed by atoms with E-state index in [1.807, 2.05) is 11.8 Å². The Balaban J connectivity index is 0.923. The quantitative estimate of drug-likeness (QED) is 0.154. The third-order valence-corrected chi connectivity index (χ3v) is 15.7. The average Bonchev–Trinajstić information content (AvgIpc) is 3.71. The minimum absolute atomic E-state index is 0.0895. The fraction of sp³-hybridized carbons (Fsp3) is 0.0968. The minimum Gasteiger partial charge on any atom is -0.310 e. The fourth-order valence-corrected chi connectivity index (χ4v) is 12.6. The topological polar surface area (TPSA) is 6.48 Å². The summed E-state index contributed by atoms with van der Waals surface area (Å²) in [5.41, 5.74) is 20.2. The summed E-state index contributed by atoms with van der Waals surface area (Å²) < 4.78 is 0. The number of rotatable bonds is 6. The van der Waals surface area contributed by atoms with Crippen molar-refractivity contribution in [1.82, 2.24) is 0 Å². The SMILES string of the molecule is CC1(C)c2ccccc2-c2ccc(N(c3ccccc3)c3ccc4c(c3)Sc3cccc5c3c-4cc3ccc(N(c4ccccc4)c4ccc6c(c4)C(C)(C)c4ccccc4-6)cc35)cc21. The molecular formula is C62H46N2S. The highest BCUT2D eigenvalue weighted by Gasteiger charge is 2.37. The summed E-state index contributed by atoms with van der Waals surface area (Å²) in [5.74, 6) is 0. The maximum absolute atomic E-state index is 2.43. The molecule has 13 rings (SSSR count). The Morgan fingerprint density at radius 3 is 1.37 bits per heavy atom. The standard InChI is InChI=1S/C62H46N2S/c1-61(2)54-23-13-11-20-46(54)48-31-28-43(36-56(48)61)63(40-16-7-5-8-17-40)42-27-26-39-34-53-50-33-30-45(38-59(50)65-58-25-15-22-51(60(53)58)52(39)35-42)64(41-18-9-6-10-19-41)44-29-32-49-47-21-12-14-24-55(47)62(3,4)57(49)37-44/h5-38H,1-4H3. The third-order valence-electron chi connectivity index (χ3n) is 14.6. The number of fused-ring (bicyclic) bond motifs is 10. The van der Waals surface area contributed by atoms with E-state index in [0.29, 0.717) is 0 Å². The van der Waals surface area contributed by atoms with Gasteiger partial charge in [0.15, 0.2) is 0 Å². The van der Waals surface area contributed by atoms with E-state index in [-0.39, 0.29) is 10.8 Å². The first kappa shape index (κ1) is 38.2. The molecule has 65 heavy (non-hydrogen) atoms. The molecule has 0 fully saturated rings. The van der Waals surface area contributed by atoms with Crippen molar-refractivity contribution in [3.8, 4) is 33.4 Å². The van der Waals surface area contributed by atoms with E-state index in [2.05, 4.69) is 244 Å². The van der Waals surface area contributed by atoms with Gasteiger partial charge in [-0.15, -0.1) is 0 Å². The molecule has 0 amide bonds. The van der Waals surface area contributed by atoms with Gasteiger partial charge in [-0.05, 0) is 157 Å². The maximum atomic E-state index is 2.43. The van der Waals surface area contributed by atoms with Gasteiger partial charge in [-0.3, -0.25) is 0 Å². The lowest BCUT2D eigenvalue weighted by Crippen LogP contribution is -2.16. The molecule has 1 aliphatic heterocycles. The molecule has 3 aliphatic rings. The van der Waals surface area contributed by atoms with E-state index in [1.54, 1.807) is 0 Å². The molecular weight excluding hydrogens is 805 g/mol. The van der Waals surface area contributed by atoms with E-state index < -0.39 is 0 Å². The summed E-state index contributed by atoms with van der Waals surface area (Å²) in [6.45, 7) is 9.44. The van der Waals surface area contributed by atoms with Crippen molar-refractivity contribution < 1.29 is 0 Å². The molecule has 0 saturated carbocycles. The Morgan fingerprint density at radius 1 is 0.308 bits per heavy atom. The number of benzene rings is 10. The second-order valence-electron chi connectivity index (χ2n) is 18.9. The van der Waals surface area contributed by atoms with Crippen LogP contribution in [0.15, 0.2) is 216 Å². The van der Waals surface area contributed by atoms with Crippen molar-refractivity contribution in [2.45, 2.75) is 48.3 Å². The van der Waals surface area contributed by atoms with Gasteiger partial charge in [-0.1, -0.05) is 161 Å². The number of hydrogen-bond acceptors (Lipinski definition) is 3. The second kappa shape index (κ2) is 14.1. The lowest BCUT2D eigenvalue weighted by atomic mass is 9.82. The van der Waals surface area contributed by atoms with Gasteiger partial charge in [0.2, 0.25) is 0 Å². The molecule has 2 aliphatic carbocycles. The first-order valence-corrected chi connectivity index (χ1v) is 23.6. The van der Waals surface area contributed by atoms with Crippen LogP contribution < -0.4 is 9.80 Å². The predicted octanol–water partition coefficient (Wildman–Crippen LogP) is 17.7. The highest BCUT2D eigenvalue weighted by Crippen LogP contribution is 2.55. The van der Waals surface area contributed by atoms with E-state index in [1.165, 1.54) is 92.7 Å². The van der Waals surface area contributed by atoms with Crippen molar-refractivity contribution in [1.29, 1.82) is 0 Å². The highest BCUT2D eigenvalue weighted by molar-refractivity contribution is 7.99. The monoisotopic (exact) mass is 850 g/mol. The lowest BCUT2D eigenvalue weighted by molar-refractivity contribution is 0.660. The number of nitrogens with zero attached hydrogens (tertiary/aromatic N) is 2. The van der Waals surface area contributed by atoms with Crippen molar-refractivity contribution in [3.63, 3.8) is 0 Å². The summed E-state index contributed by atoms with van der Waals surface area (Å²) in [5, 5.41) is 5.11. The zero-order valence-corrected chi connectivity index (χ0v) is 37.7. The molecule has 0 atom stereocenters. The van der Waals surface area contributed by atoms with E-state index >= 15 is 0 Å². The van der Waals surface area contributed by atoms with Crippen LogP contribution in [0.1, 0.15) is 49.9 Å². The summed E-state index contributed by atoms with van der Waals surface area (Å²) in [6, 6.07) is 77.0. The molecule has 10 aromatic carbocycles. The zero-order chi connectivity index (χ0) is 43.6. The van der Waals surface area contributed by atoms with Gasteiger partial charge in [-0.2, -0.15) is 0 Å². The molecule has 0 aromatic heterocycles. The van der Waals surface area contributed by atoms with Gasteiger partial charge in [0.25, 0.3) is 0 Å². The molecule has 10 aromatic rings. The normalized spacial score (nSPS) is 14.3. The molecule has 0 spiro atoms. The van der Waals surface area contributed by atoms with Gasteiger partial charge in [0, 0.05) is 60.1 Å². The van der Waals surface area contributed by atoms with E-state index in [0.717, 1.165) is 28.4 Å².